The fraction of sp³-hybridized carbons (Fsp3) is 0.100. The van der Waals surface area contributed by atoms with Crippen LogP contribution in [0.3, 0.4) is 0 Å². The summed E-state index contributed by atoms with van der Waals surface area (Å²) in [4.78, 5) is 24.2. The molecular formula is C20H16N2O7S2. The lowest BCUT2D eigenvalue weighted by atomic mass is 10.2. The molecule has 31 heavy (non-hydrogen) atoms. The van der Waals surface area contributed by atoms with Crippen LogP contribution in [-0.2, 0) is 19.6 Å². The molecule has 0 radical (unpaired) electrons. The van der Waals surface area contributed by atoms with Gasteiger partial charge in [0, 0.05) is 17.4 Å². The van der Waals surface area contributed by atoms with Crippen molar-refractivity contribution in [3.63, 3.8) is 0 Å². The number of carbonyl (C=O) groups is 2. The lowest BCUT2D eigenvalue weighted by molar-refractivity contribution is -0.119. The first kappa shape index (κ1) is 20.7. The van der Waals surface area contributed by atoms with E-state index >= 15 is 0 Å². The monoisotopic (exact) mass is 460 g/mol. The first-order valence-electron chi connectivity index (χ1n) is 8.94. The van der Waals surface area contributed by atoms with Crippen LogP contribution in [0.4, 0.5) is 11.4 Å². The first-order chi connectivity index (χ1) is 14.9. The van der Waals surface area contributed by atoms with Gasteiger partial charge in [0.05, 0.1) is 5.56 Å². The quantitative estimate of drug-likeness (QED) is 0.520. The lowest BCUT2D eigenvalue weighted by Crippen LogP contribution is -2.21. The normalized spacial score (nSPS) is 12.3. The van der Waals surface area contributed by atoms with Crippen LogP contribution in [0.15, 0.2) is 64.2 Å². The SMILES string of the molecule is O=C(COC(=O)c1ccc(NS(=O)(=O)c2cccs2)cc1)Nc1ccc2c(c1)OCO2. The molecule has 11 heteroatoms. The Balaban J connectivity index is 1.30. The minimum atomic E-state index is -3.68. The molecular weight excluding hydrogens is 444 g/mol. The highest BCUT2D eigenvalue weighted by Gasteiger charge is 2.17. The molecule has 2 heterocycles. The number of thiophene rings is 1. The molecule has 160 valence electrons. The number of sulfonamides is 1. The Kier molecular flexibility index (Phi) is 5.78. The maximum absolute atomic E-state index is 12.2. The van der Waals surface area contributed by atoms with E-state index < -0.39 is 28.5 Å². The second-order valence-corrected chi connectivity index (χ2v) is 9.16. The number of anilines is 2. The summed E-state index contributed by atoms with van der Waals surface area (Å²) >= 11 is 1.10. The van der Waals surface area contributed by atoms with Crippen molar-refractivity contribution in [1.29, 1.82) is 0 Å². The molecule has 9 nitrogen and oxygen atoms in total. The molecule has 2 aromatic carbocycles. The summed E-state index contributed by atoms with van der Waals surface area (Å²) in [5.41, 5.74) is 0.952. The molecule has 3 aromatic rings. The van der Waals surface area contributed by atoms with Crippen molar-refractivity contribution < 1.29 is 32.2 Å². The minimum absolute atomic E-state index is 0.124. The van der Waals surface area contributed by atoms with Crippen LogP contribution in [0.25, 0.3) is 0 Å². The van der Waals surface area contributed by atoms with Gasteiger partial charge in [-0.25, -0.2) is 13.2 Å². The van der Waals surface area contributed by atoms with Crippen LogP contribution >= 0.6 is 11.3 Å². The molecule has 1 aliphatic rings. The van der Waals surface area contributed by atoms with Gasteiger partial charge >= 0.3 is 5.97 Å². The second kappa shape index (κ2) is 8.66. The molecule has 1 aliphatic heterocycles. The van der Waals surface area contributed by atoms with E-state index in [0.717, 1.165) is 11.3 Å². The third-order valence-electron chi connectivity index (χ3n) is 4.12. The molecule has 0 spiro atoms. The van der Waals surface area contributed by atoms with Gasteiger partial charge in [-0.15, -0.1) is 11.3 Å². The van der Waals surface area contributed by atoms with E-state index in [2.05, 4.69) is 10.0 Å². The van der Waals surface area contributed by atoms with Gasteiger partial charge in [0.15, 0.2) is 18.1 Å². The van der Waals surface area contributed by atoms with Gasteiger partial charge in [-0.2, -0.15) is 0 Å². The molecule has 1 aromatic heterocycles. The summed E-state index contributed by atoms with van der Waals surface area (Å²) in [6, 6.07) is 13.7. The van der Waals surface area contributed by atoms with Crippen LogP contribution in [-0.4, -0.2) is 33.7 Å². The highest BCUT2D eigenvalue weighted by atomic mass is 32.2. The Labute approximate surface area is 181 Å². The second-order valence-electron chi connectivity index (χ2n) is 6.31. The lowest BCUT2D eigenvalue weighted by Gasteiger charge is -2.09. The largest absolute Gasteiger partial charge is 0.454 e. The van der Waals surface area contributed by atoms with Crippen LogP contribution in [0.2, 0.25) is 0 Å². The van der Waals surface area contributed by atoms with Crippen molar-refractivity contribution in [2.24, 2.45) is 0 Å². The number of carbonyl (C=O) groups excluding carboxylic acids is 2. The van der Waals surface area contributed by atoms with Crippen molar-refractivity contribution >= 4 is 44.6 Å². The van der Waals surface area contributed by atoms with Gasteiger partial charge in [0.2, 0.25) is 6.79 Å². The number of nitrogens with one attached hydrogen (secondary N) is 2. The number of benzene rings is 2. The minimum Gasteiger partial charge on any atom is -0.454 e. The Hall–Kier alpha value is -3.57. The average molecular weight is 460 g/mol. The molecule has 0 bridgehead atoms. The smallest absolute Gasteiger partial charge is 0.338 e. The van der Waals surface area contributed by atoms with Crippen LogP contribution < -0.4 is 19.5 Å². The summed E-state index contributed by atoms with van der Waals surface area (Å²) in [6.45, 7) is -0.362. The highest BCUT2D eigenvalue weighted by Crippen LogP contribution is 2.34. The number of hydrogen-bond donors (Lipinski definition) is 2. The number of esters is 1. The molecule has 1 amide bonds. The number of ether oxygens (including phenoxy) is 3. The Bertz CT molecular complexity index is 1210. The van der Waals surface area contributed by atoms with Gasteiger partial charge in [0.25, 0.3) is 15.9 Å². The third kappa shape index (κ3) is 4.95. The van der Waals surface area contributed by atoms with Gasteiger partial charge in [-0.05, 0) is 47.8 Å². The number of amides is 1. The number of rotatable bonds is 7. The summed E-state index contributed by atoms with van der Waals surface area (Å²) in [7, 11) is -3.68. The summed E-state index contributed by atoms with van der Waals surface area (Å²) in [5.74, 6) is -0.129. The first-order valence-corrected chi connectivity index (χ1v) is 11.3. The van der Waals surface area contributed by atoms with Crippen molar-refractivity contribution in [3.8, 4) is 11.5 Å². The van der Waals surface area contributed by atoms with E-state index in [1.165, 1.54) is 30.3 Å². The topological polar surface area (TPSA) is 120 Å². The fourth-order valence-corrected chi connectivity index (χ4v) is 4.73. The maximum Gasteiger partial charge on any atom is 0.338 e. The molecule has 4 rings (SSSR count). The molecule has 0 saturated carbocycles. The van der Waals surface area contributed by atoms with E-state index in [0.29, 0.717) is 22.9 Å². The van der Waals surface area contributed by atoms with Gasteiger partial charge in [-0.1, -0.05) is 6.07 Å². The van der Waals surface area contributed by atoms with Crippen molar-refractivity contribution in [3.05, 3.63) is 65.5 Å². The summed E-state index contributed by atoms with van der Waals surface area (Å²) < 4.78 is 42.5. The fourth-order valence-electron chi connectivity index (χ4n) is 2.68. The Morgan fingerprint density at radius 2 is 1.74 bits per heavy atom. The molecule has 2 N–H and O–H groups in total. The van der Waals surface area contributed by atoms with Crippen LogP contribution in [0, 0.1) is 0 Å². The molecule has 0 aliphatic carbocycles. The summed E-state index contributed by atoms with van der Waals surface area (Å²) in [5, 5.41) is 4.26. The van der Waals surface area contributed by atoms with Crippen molar-refractivity contribution in [2.75, 3.05) is 23.4 Å². The van der Waals surface area contributed by atoms with E-state index in [1.54, 1.807) is 29.6 Å². The molecule has 0 atom stereocenters. The van der Waals surface area contributed by atoms with Crippen molar-refractivity contribution in [2.45, 2.75) is 4.21 Å². The number of hydrogen-bond acceptors (Lipinski definition) is 8. The van der Waals surface area contributed by atoms with Gasteiger partial charge < -0.3 is 19.5 Å². The number of fused-ring (bicyclic) bond motifs is 1. The Morgan fingerprint density at radius 1 is 1.00 bits per heavy atom. The van der Waals surface area contributed by atoms with Crippen molar-refractivity contribution in [1.82, 2.24) is 0 Å². The van der Waals surface area contributed by atoms with E-state index in [9.17, 15) is 18.0 Å². The van der Waals surface area contributed by atoms with E-state index in [-0.39, 0.29) is 16.6 Å². The zero-order valence-corrected chi connectivity index (χ0v) is 17.5. The predicted molar refractivity (Wildman–Crippen MR) is 113 cm³/mol. The van der Waals surface area contributed by atoms with Gasteiger partial charge in [0.1, 0.15) is 4.21 Å². The van der Waals surface area contributed by atoms with Crippen LogP contribution in [0.1, 0.15) is 10.4 Å². The third-order valence-corrected chi connectivity index (χ3v) is 6.90. The average Bonchev–Trinajstić information content (AvgIpc) is 3.44. The zero-order chi connectivity index (χ0) is 21.8. The summed E-state index contributed by atoms with van der Waals surface area (Å²) in [6.07, 6.45) is 0. The zero-order valence-electron chi connectivity index (χ0n) is 15.9. The van der Waals surface area contributed by atoms with Gasteiger partial charge in [-0.3, -0.25) is 9.52 Å². The maximum atomic E-state index is 12.2. The standard InChI is InChI=1S/C20H16N2O7S2/c23-18(21-15-7-8-16-17(10-15)29-12-28-16)11-27-20(24)13-3-5-14(6-4-13)22-31(25,26)19-2-1-9-30-19/h1-10,22H,11-12H2,(H,21,23). The highest BCUT2D eigenvalue weighted by molar-refractivity contribution is 7.94. The van der Waals surface area contributed by atoms with E-state index in [1.807, 2.05) is 0 Å². The predicted octanol–water partition coefficient (Wildman–Crippen LogP) is 3.07. The molecule has 0 saturated heterocycles. The Morgan fingerprint density at radius 3 is 2.48 bits per heavy atom. The van der Waals surface area contributed by atoms with Crippen LogP contribution in [0.5, 0.6) is 11.5 Å². The molecule has 0 unspecified atom stereocenters. The van der Waals surface area contributed by atoms with E-state index in [4.69, 9.17) is 14.2 Å². The molecule has 0 fully saturated rings.